The first-order valence-corrected chi connectivity index (χ1v) is 11.4. The van der Waals surface area contributed by atoms with E-state index in [2.05, 4.69) is 65.0 Å². The summed E-state index contributed by atoms with van der Waals surface area (Å²) in [7, 11) is 2.13. The number of rotatable bonds is 9. The highest BCUT2D eigenvalue weighted by Gasteiger charge is 2.21. The van der Waals surface area contributed by atoms with Crippen LogP contribution in [0.25, 0.3) is 10.9 Å². The molecule has 2 heterocycles. The molecule has 1 aliphatic heterocycles. The molecule has 3 aromatic rings. The van der Waals surface area contributed by atoms with E-state index >= 15 is 0 Å². The number of ether oxygens (including phenoxy) is 1. The Morgan fingerprint density at radius 1 is 1.00 bits per heavy atom. The van der Waals surface area contributed by atoms with E-state index in [0.29, 0.717) is 18.5 Å². The van der Waals surface area contributed by atoms with Gasteiger partial charge in [0, 0.05) is 49.8 Å². The van der Waals surface area contributed by atoms with Crippen molar-refractivity contribution < 1.29 is 4.74 Å². The molecular weight excluding hydrogens is 386 g/mol. The van der Waals surface area contributed by atoms with Crippen molar-refractivity contribution in [3.8, 4) is 0 Å². The molecule has 1 unspecified atom stereocenters. The largest absolute Gasteiger partial charge is 0.381 e. The van der Waals surface area contributed by atoms with E-state index < -0.39 is 0 Å². The van der Waals surface area contributed by atoms with Crippen molar-refractivity contribution in [3.05, 3.63) is 59.9 Å². The third-order valence-electron chi connectivity index (χ3n) is 6.16. The zero-order valence-electron chi connectivity index (χ0n) is 18.2. The topological polar surface area (TPSA) is 62.3 Å². The SMILES string of the molecule is CN(CC1CCOC1)c1nc(CNc2ccccc2CNC2CC2)nc2ccccc12. The predicted octanol–water partition coefficient (Wildman–Crippen LogP) is 3.97. The van der Waals surface area contributed by atoms with Crippen molar-refractivity contribution in [3.63, 3.8) is 0 Å². The number of hydrogen-bond donors (Lipinski definition) is 2. The van der Waals surface area contributed by atoms with Gasteiger partial charge in [0.25, 0.3) is 0 Å². The first kappa shape index (κ1) is 20.2. The van der Waals surface area contributed by atoms with Crippen LogP contribution < -0.4 is 15.5 Å². The number of nitrogens with one attached hydrogen (secondary N) is 2. The normalized spacial score (nSPS) is 18.4. The first-order valence-electron chi connectivity index (χ1n) is 11.4. The Kier molecular flexibility index (Phi) is 6.00. The summed E-state index contributed by atoms with van der Waals surface area (Å²) in [6.07, 6.45) is 3.71. The molecule has 2 aliphatic rings. The van der Waals surface area contributed by atoms with E-state index in [4.69, 9.17) is 14.7 Å². The number of anilines is 2. The Labute approximate surface area is 184 Å². The lowest BCUT2D eigenvalue weighted by atomic mass is 10.1. The first-order chi connectivity index (χ1) is 15.3. The molecule has 2 aromatic carbocycles. The molecule has 0 bridgehead atoms. The fourth-order valence-corrected chi connectivity index (χ4v) is 4.24. The fraction of sp³-hybridized carbons (Fsp3) is 0.440. The summed E-state index contributed by atoms with van der Waals surface area (Å²) < 4.78 is 5.57. The van der Waals surface area contributed by atoms with Crippen LogP contribution in [0.5, 0.6) is 0 Å². The third-order valence-corrected chi connectivity index (χ3v) is 6.16. The summed E-state index contributed by atoms with van der Waals surface area (Å²) in [6, 6.07) is 17.5. The Bertz CT molecular complexity index is 1030. The van der Waals surface area contributed by atoms with Gasteiger partial charge in [0.1, 0.15) is 11.6 Å². The minimum atomic E-state index is 0.561. The highest BCUT2D eigenvalue weighted by molar-refractivity contribution is 5.89. The van der Waals surface area contributed by atoms with Gasteiger partial charge in [0.15, 0.2) is 0 Å². The van der Waals surface area contributed by atoms with Crippen LogP contribution >= 0.6 is 0 Å². The van der Waals surface area contributed by atoms with Gasteiger partial charge >= 0.3 is 0 Å². The molecule has 1 saturated carbocycles. The highest BCUT2D eigenvalue weighted by atomic mass is 16.5. The summed E-state index contributed by atoms with van der Waals surface area (Å²) in [5.74, 6) is 2.37. The fourth-order valence-electron chi connectivity index (χ4n) is 4.24. The lowest BCUT2D eigenvalue weighted by molar-refractivity contribution is 0.186. The van der Waals surface area contributed by atoms with Gasteiger partial charge in [0.2, 0.25) is 0 Å². The van der Waals surface area contributed by atoms with E-state index in [0.717, 1.165) is 61.0 Å². The summed E-state index contributed by atoms with van der Waals surface area (Å²) in [6.45, 7) is 4.15. The quantitative estimate of drug-likeness (QED) is 0.549. The predicted molar refractivity (Wildman–Crippen MR) is 125 cm³/mol. The maximum absolute atomic E-state index is 5.57. The zero-order valence-corrected chi connectivity index (χ0v) is 18.2. The van der Waals surface area contributed by atoms with Crippen LogP contribution in [0.2, 0.25) is 0 Å². The smallest absolute Gasteiger partial charge is 0.150 e. The monoisotopic (exact) mass is 417 g/mol. The second kappa shape index (κ2) is 9.20. The second-order valence-electron chi connectivity index (χ2n) is 8.76. The average molecular weight is 418 g/mol. The number of nitrogens with zero attached hydrogens (tertiary/aromatic N) is 3. The van der Waals surface area contributed by atoms with Crippen LogP contribution in [0.15, 0.2) is 48.5 Å². The molecule has 0 radical (unpaired) electrons. The molecule has 1 aromatic heterocycles. The number of para-hydroxylation sites is 2. The van der Waals surface area contributed by atoms with Crippen molar-refractivity contribution in [2.45, 2.75) is 38.4 Å². The molecule has 0 amide bonds. The molecule has 2 fully saturated rings. The van der Waals surface area contributed by atoms with E-state index in [-0.39, 0.29) is 0 Å². The van der Waals surface area contributed by atoms with Gasteiger partial charge < -0.3 is 20.3 Å². The van der Waals surface area contributed by atoms with E-state index in [9.17, 15) is 0 Å². The lowest BCUT2D eigenvalue weighted by Crippen LogP contribution is -2.27. The van der Waals surface area contributed by atoms with Gasteiger partial charge in [0.05, 0.1) is 18.7 Å². The maximum Gasteiger partial charge on any atom is 0.150 e. The van der Waals surface area contributed by atoms with Crippen molar-refractivity contribution in [1.29, 1.82) is 0 Å². The van der Waals surface area contributed by atoms with Crippen molar-refractivity contribution in [2.75, 3.05) is 37.0 Å². The van der Waals surface area contributed by atoms with Crippen LogP contribution in [0.3, 0.4) is 0 Å². The summed E-state index contributed by atoms with van der Waals surface area (Å²) >= 11 is 0. The van der Waals surface area contributed by atoms with Gasteiger partial charge in [-0.15, -0.1) is 0 Å². The van der Waals surface area contributed by atoms with E-state index in [1.54, 1.807) is 0 Å². The average Bonchev–Trinajstić information content (AvgIpc) is 3.50. The maximum atomic E-state index is 5.57. The molecule has 1 aliphatic carbocycles. The minimum Gasteiger partial charge on any atom is -0.381 e. The third kappa shape index (κ3) is 4.97. The van der Waals surface area contributed by atoms with Crippen molar-refractivity contribution in [1.82, 2.24) is 15.3 Å². The molecule has 1 saturated heterocycles. The van der Waals surface area contributed by atoms with E-state index in [1.165, 1.54) is 18.4 Å². The van der Waals surface area contributed by atoms with E-state index in [1.807, 2.05) is 6.07 Å². The van der Waals surface area contributed by atoms with Crippen LogP contribution in [-0.4, -0.2) is 42.8 Å². The number of benzene rings is 2. The molecular formula is C25H31N5O. The van der Waals surface area contributed by atoms with Gasteiger partial charge in [-0.1, -0.05) is 30.3 Å². The Morgan fingerprint density at radius 3 is 2.68 bits per heavy atom. The molecule has 6 nitrogen and oxygen atoms in total. The van der Waals surface area contributed by atoms with Gasteiger partial charge in [-0.25, -0.2) is 9.97 Å². The lowest BCUT2D eigenvalue weighted by Gasteiger charge is -2.23. The van der Waals surface area contributed by atoms with Gasteiger partial charge in [-0.05, 0) is 43.0 Å². The van der Waals surface area contributed by atoms with Gasteiger partial charge in [-0.2, -0.15) is 0 Å². The number of aromatic nitrogens is 2. The summed E-state index contributed by atoms with van der Waals surface area (Å²) in [5.41, 5.74) is 3.42. The van der Waals surface area contributed by atoms with Crippen LogP contribution in [-0.2, 0) is 17.8 Å². The second-order valence-corrected chi connectivity index (χ2v) is 8.76. The summed E-state index contributed by atoms with van der Waals surface area (Å²) in [5, 5.41) is 8.28. The Balaban J connectivity index is 1.35. The van der Waals surface area contributed by atoms with Crippen molar-refractivity contribution in [2.24, 2.45) is 5.92 Å². The van der Waals surface area contributed by atoms with Crippen molar-refractivity contribution >= 4 is 22.4 Å². The Morgan fingerprint density at radius 2 is 1.84 bits per heavy atom. The minimum absolute atomic E-state index is 0.561. The molecule has 5 rings (SSSR count). The molecule has 31 heavy (non-hydrogen) atoms. The molecule has 0 spiro atoms. The zero-order chi connectivity index (χ0) is 21.0. The van der Waals surface area contributed by atoms with Gasteiger partial charge in [-0.3, -0.25) is 0 Å². The number of fused-ring (bicyclic) bond motifs is 1. The standard InChI is InChI=1S/C25H31N5O/c1-30(16-18-12-13-31-17-18)25-21-7-3-5-9-23(21)28-24(29-25)15-27-22-8-4-2-6-19(22)14-26-20-10-11-20/h2-9,18,20,26-27H,10-17H2,1H3. The Hall–Kier alpha value is -2.70. The molecule has 1 atom stereocenters. The molecule has 162 valence electrons. The number of hydrogen-bond acceptors (Lipinski definition) is 6. The summed E-state index contributed by atoms with van der Waals surface area (Å²) in [4.78, 5) is 12.1. The molecule has 2 N–H and O–H groups in total. The molecule has 6 heteroatoms. The highest BCUT2D eigenvalue weighted by Crippen LogP contribution is 2.26. The van der Waals surface area contributed by atoms with Crippen LogP contribution in [0.1, 0.15) is 30.7 Å². The van der Waals surface area contributed by atoms with Crippen LogP contribution in [0.4, 0.5) is 11.5 Å². The van der Waals surface area contributed by atoms with Crippen LogP contribution in [0, 0.1) is 5.92 Å².